The summed E-state index contributed by atoms with van der Waals surface area (Å²) in [5.74, 6) is 0.819. The Morgan fingerprint density at radius 2 is 2.20 bits per heavy atom. The lowest BCUT2D eigenvalue weighted by atomic mass is 10.1. The van der Waals surface area contributed by atoms with Crippen LogP contribution in [0.15, 0.2) is 4.52 Å². The fourth-order valence-electron chi connectivity index (χ4n) is 1.81. The lowest BCUT2D eigenvalue weighted by Gasteiger charge is -2.05. The van der Waals surface area contributed by atoms with Crippen molar-refractivity contribution in [1.29, 1.82) is 0 Å². The Hall–Kier alpha value is -2.25. The molecule has 0 aliphatic heterocycles. The molecule has 0 unspecified atom stereocenters. The highest BCUT2D eigenvalue weighted by atomic mass is 16.5. The maximum Gasteiger partial charge on any atom is 0.310 e. The number of aromatic nitrogens is 5. The zero-order chi connectivity index (χ0) is 14.5. The molecule has 2 heterocycles. The number of nitrogens with zero attached hydrogens (tertiary/aromatic N) is 5. The van der Waals surface area contributed by atoms with Gasteiger partial charge in [-0.15, -0.1) is 5.10 Å². The van der Waals surface area contributed by atoms with Gasteiger partial charge in [0.2, 0.25) is 0 Å². The van der Waals surface area contributed by atoms with Crippen LogP contribution >= 0.6 is 0 Å². The molecular weight excluding hydrogens is 262 g/mol. The molecule has 8 nitrogen and oxygen atoms in total. The second kappa shape index (κ2) is 6.27. The number of ether oxygens (including phenoxy) is 1. The third kappa shape index (κ3) is 3.19. The van der Waals surface area contributed by atoms with Crippen molar-refractivity contribution < 1.29 is 14.1 Å². The van der Waals surface area contributed by atoms with E-state index in [-0.39, 0.29) is 19.0 Å². The molecular formula is C12H17N5O3. The quantitative estimate of drug-likeness (QED) is 0.727. The fraction of sp³-hybridized carbons (Fsp3) is 0.583. The van der Waals surface area contributed by atoms with Gasteiger partial charge in [-0.25, -0.2) is 4.68 Å². The molecule has 20 heavy (non-hydrogen) atoms. The number of esters is 1. The summed E-state index contributed by atoms with van der Waals surface area (Å²) in [4.78, 5) is 11.8. The van der Waals surface area contributed by atoms with Crippen molar-refractivity contribution in [3.05, 3.63) is 22.8 Å². The molecule has 0 amide bonds. The van der Waals surface area contributed by atoms with Crippen molar-refractivity contribution in [2.75, 3.05) is 0 Å². The molecule has 0 saturated heterocycles. The molecule has 0 spiro atoms. The molecule has 8 heteroatoms. The smallest absolute Gasteiger partial charge is 0.310 e. The molecule has 2 aromatic rings. The van der Waals surface area contributed by atoms with E-state index < -0.39 is 0 Å². The average molecular weight is 279 g/mol. The average Bonchev–Trinajstić information content (AvgIpc) is 2.98. The van der Waals surface area contributed by atoms with Crippen LogP contribution in [0, 0.1) is 13.8 Å². The van der Waals surface area contributed by atoms with Gasteiger partial charge in [0.15, 0.2) is 12.4 Å². The van der Waals surface area contributed by atoms with Gasteiger partial charge >= 0.3 is 5.97 Å². The monoisotopic (exact) mass is 279 g/mol. The standard InChI is InChI=1S/C12H17N5O3/c1-4-5-17-11(13-15-16-17)7-19-12(18)6-10-8(2)14-20-9(10)3/h4-7H2,1-3H3. The van der Waals surface area contributed by atoms with Crippen LogP contribution in [0.3, 0.4) is 0 Å². The van der Waals surface area contributed by atoms with E-state index in [1.54, 1.807) is 18.5 Å². The first-order chi connectivity index (χ1) is 9.61. The van der Waals surface area contributed by atoms with Gasteiger partial charge in [-0.2, -0.15) is 0 Å². The van der Waals surface area contributed by atoms with Gasteiger partial charge in [-0.1, -0.05) is 12.1 Å². The van der Waals surface area contributed by atoms with Crippen LogP contribution in [0.1, 0.15) is 36.2 Å². The highest BCUT2D eigenvalue weighted by Crippen LogP contribution is 2.13. The Morgan fingerprint density at radius 1 is 1.40 bits per heavy atom. The van der Waals surface area contributed by atoms with Gasteiger partial charge in [-0.3, -0.25) is 4.79 Å². The topological polar surface area (TPSA) is 95.9 Å². The summed E-state index contributed by atoms with van der Waals surface area (Å²) >= 11 is 0. The van der Waals surface area contributed by atoms with E-state index in [1.165, 1.54) is 0 Å². The molecule has 0 bridgehead atoms. The van der Waals surface area contributed by atoms with Gasteiger partial charge in [0.05, 0.1) is 12.1 Å². The number of rotatable bonds is 6. The third-order valence-electron chi connectivity index (χ3n) is 2.91. The number of aryl methyl sites for hydroxylation is 3. The highest BCUT2D eigenvalue weighted by Gasteiger charge is 2.15. The van der Waals surface area contributed by atoms with Crippen LogP contribution in [0.2, 0.25) is 0 Å². The zero-order valence-electron chi connectivity index (χ0n) is 11.8. The van der Waals surface area contributed by atoms with Gasteiger partial charge in [0.1, 0.15) is 5.76 Å². The van der Waals surface area contributed by atoms with E-state index in [0.717, 1.165) is 12.0 Å². The zero-order valence-corrected chi connectivity index (χ0v) is 11.8. The van der Waals surface area contributed by atoms with Crippen molar-refractivity contribution in [1.82, 2.24) is 25.4 Å². The number of carbonyl (C=O) groups excluding carboxylic acids is 1. The minimum absolute atomic E-state index is 0.0647. The largest absolute Gasteiger partial charge is 0.457 e. The van der Waals surface area contributed by atoms with E-state index in [2.05, 4.69) is 20.7 Å². The van der Waals surface area contributed by atoms with Crippen molar-refractivity contribution >= 4 is 5.97 Å². The minimum Gasteiger partial charge on any atom is -0.457 e. The maximum atomic E-state index is 11.8. The predicted octanol–water partition coefficient (Wildman–Crippen LogP) is 0.974. The summed E-state index contributed by atoms with van der Waals surface area (Å²) in [6, 6.07) is 0. The number of tetrazole rings is 1. The summed E-state index contributed by atoms with van der Waals surface area (Å²) in [5, 5.41) is 15.0. The molecule has 108 valence electrons. The minimum atomic E-state index is -0.356. The lowest BCUT2D eigenvalue weighted by Crippen LogP contribution is -2.13. The Labute approximate surface area is 116 Å². The molecule has 0 aliphatic rings. The van der Waals surface area contributed by atoms with Gasteiger partial charge < -0.3 is 9.26 Å². The molecule has 0 aromatic carbocycles. The Morgan fingerprint density at radius 3 is 2.85 bits per heavy atom. The van der Waals surface area contributed by atoms with Crippen LogP contribution in [-0.4, -0.2) is 31.3 Å². The summed E-state index contributed by atoms with van der Waals surface area (Å²) in [6.07, 6.45) is 1.04. The van der Waals surface area contributed by atoms with Gasteiger partial charge in [0.25, 0.3) is 0 Å². The van der Waals surface area contributed by atoms with E-state index >= 15 is 0 Å². The van der Waals surface area contributed by atoms with Crippen LogP contribution in [0.25, 0.3) is 0 Å². The highest BCUT2D eigenvalue weighted by molar-refractivity contribution is 5.73. The number of hydrogen-bond acceptors (Lipinski definition) is 7. The lowest BCUT2D eigenvalue weighted by molar-refractivity contribution is -0.144. The second-order valence-corrected chi connectivity index (χ2v) is 4.46. The molecule has 0 saturated carbocycles. The van der Waals surface area contributed by atoms with Crippen molar-refractivity contribution in [3.63, 3.8) is 0 Å². The molecule has 0 atom stereocenters. The Balaban J connectivity index is 1.91. The second-order valence-electron chi connectivity index (χ2n) is 4.46. The van der Waals surface area contributed by atoms with Crippen molar-refractivity contribution in [2.24, 2.45) is 0 Å². The Kier molecular flexibility index (Phi) is 4.44. The normalized spacial score (nSPS) is 10.8. The number of carbonyl (C=O) groups is 1. The van der Waals surface area contributed by atoms with Gasteiger partial charge in [0, 0.05) is 12.1 Å². The van der Waals surface area contributed by atoms with E-state index in [4.69, 9.17) is 9.26 Å². The van der Waals surface area contributed by atoms with Crippen LogP contribution < -0.4 is 0 Å². The number of hydrogen-bond donors (Lipinski definition) is 0. The molecule has 0 fully saturated rings. The molecule has 0 aliphatic carbocycles. The third-order valence-corrected chi connectivity index (χ3v) is 2.91. The van der Waals surface area contributed by atoms with Gasteiger partial charge in [-0.05, 0) is 30.7 Å². The molecule has 2 aromatic heterocycles. The summed E-state index contributed by atoms with van der Waals surface area (Å²) in [6.45, 7) is 6.35. The van der Waals surface area contributed by atoms with Crippen LogP contribution in [-0.2, 0) is 29.1 Å². The molecule has 2 rings (SSSR count). The van der Waals surface area contributed by atoms with Crippen LogP contribution in [0.4, 0.5) is 0 Å². The van der Waals surface area contributed by atoms with Crippen LogP contribution in [0.5, 0.6) is 0 Å². The summed E-state index contributed by atoms with van der Waals surface area (Å²) in [5.41, 5.74) is 1.47. The fourth-order valence-corrected chi connectivity index (χ4v) is 1.81. The molecule has 0 radical (unpaired) electrons. The maximum absolute atomic E-state index is 11.8. The molecule has 0 N–H and O–H groups in total. The predicted molar refractivity (Wildman–Crippen MR) is 67.6 cm³/mol. The van der Waals surface area contributed by atoms with E-state index in [1.807, 2.05) is 6.92 Å². The van der Waals surface area contributed by atoms with Crippen molar-refractivity contribution in [3.8, 4) is 0 Å². The first-order valence-electron chi connectivity index (χ1n) is 6.44. The van der Waals surface area contributed by atoms with E-state index in [0.29, 0.717) is 23.8 Å². The first kappa shape index (κ1) is 14.2. The van der Waals surface area contributed by atoms with E-state index in [9.17, 15) is 4.79 Å². The van der Waals surface area contributed by atoms with Crippen molar-refractivity contribution in [2.45, 2.75) is 46.8 Å². The summed E-state index contributed by atoms with van der Waals surface area (Å²) in [7, 11) is 0. The summed E-state index contributed by atoms with van der Waals surface area (Å²) < 4.78 is 11.8. The SMILES string of the molecule is CCCn1nnnc1COC(=O)Cc1c(C)noc1C. The first-order valence-corrected chi connectivity index (χ1v) is 6.44. The Bertz CT molecular complexity index is 570.